The van der Waals surface area contributed by atoms with Crippen LogP contribution in [0.3, 0.4) is 0 Å². The summed E-state index contributed by atoms with van der Waals surface area (Å²) in [6, 6.07) is 17.1. The molecule has 29 heavy (non-hydrogen) atoms. The van der Waals surface area contributed by atoms with Crippen LogP contribution < -0.4 is 9.80 Å². The molecule has 1 saturated heterocycles. The van der Waals surface area contributed by atoms with E-state index in [9.17, 15) is 9.59 Å². The Morgan fingerprint density at radius 3 is 2.76 bits per heavy atom. The monoisotopic (exact) mass is 403 g/mol. The first-order valence-electron chi connectivity index (χ1n) is 9.51. The van der Waals surface area contributed by atoms with Gasteiger partial charge in [-0.25, -0.2) is 4.98 Å². The molecule has 6 heteroatoms. The van der Waals surface area contributed by atoms with Gasteiger partial charge in [-0.3, -0.25) is 14.5 Å². The molecule has 5 nitrogen and oxygen atoms in total. The lowest BCUT2D eigenvalue weighted by molar-refractivity contribution is -0.117. The molecule has 0 saturated carbocycles. The molecule has 0 aliphatic carbocycles. The van der Waals surface area contributed by atoms with Crippen LogP contribution in [0.25, 0.3) is 11.3 Å². The van der Waals surface area contributed by atoms with Gasteiger partial charge >= 0.3 is 0 Å². The summed E-state index contributed by atoms with van der Waals surface area (Å²) in [5.41, 5.74) is 3.14. The van der Waals surface area contributed by atoms with Gasteiger partial charge in [0.1, 0.15) is 0 Å². The van der Waals surface area contributed by atoms with Crippen LogP contribution in [0.4, 0.5) is 10.8 Å². The van der Waals surface area contributed by atoms with Crippen LogP contribution in [0.15, 0.2) is 72.6 Å². The summed E-state index contributed by atoms with van der Waals surface area (Å²) < 4.78 is 0. The van der Waals surface area contributed by atoms with Crippen molar-refractivity contribution >= 4 is 34.0 Å². The molecule has 146 valence electrons. The third-order valence-electron chi connectivity index (χ3n) is 4.83. The molecule has 2 aromatic carbocycles. The van der Waals surface area contributed by atoms with Gasteiger partial charge in [-0.1, -0.05) is 42.5 Å². The second kappa shape index (κ2) is 8.41. The van der Waals surface area contributed by atoms with Gasteiger partial charge in [0, 0.05) is 41.7 Å². The number of amides is 2. The van der Waals surface area contributed by atoms with Crippen molar-refractivity contribution in [2.24, 2.45) is 0 Å². The first kappa shape index (κ1) is 19.1. The highest BCUT2D eigenvalue weighted by Gasteiger charge is 2.24. The van der Waals surface area contributed by atoms with E-state index >= 15 is 0 Å². The molecule has 0 unspecified atom stereocenters. The van der Waals surface area contributed by atoms with E-state index in [0.717, 1.165) is 23.4 Å². The van der Waals surface area contributed by atoms with Gasteiger partial charge in [0.05, 0.1) is 5.69 Å². The number of benzene rings is 2. The van der Waals surface area contributed by atoms with Crippen molar-refractivity contribution in [3.8, 4) is 11.3 Å². The van der Waals surface area contributed by atoms with Gasteiger partial charge in [-0.05, 0) is 24.6 Å². The number of hydrogen-bond acceptors (Lipinski definition) is 4. The van der Waals surface area contributed by atoms with Gasteiger partial charge < -0.3 is 4.90 Å². The van der Waals surface area contributed by atoms with Crippen molar-refractivity contribution in [1.29, 1.82) is 0 Å². The molecule has 1 aliphatic heterocycles. The van der Waals surface area contributed by atoms with Crippen LogP contribution in [0, 0.1) is 0 Å². The molecule has 1 fully saturated rings. The van der Waals surface area contributed by atoms with E-state index in [1.807, 2.05) is 47.8 Å². The van der Waals surface area contributed by atoms with Crippen LogP contribution in [0.5, 0.6) is 0 Å². The minimum absolute atomic E-state index is 0.102. The standard InChI is InChI=1S/C23H21N3O2S/c1-2-13-26(23-24-20(16-29-23)17-8-4-3-5-9-17)22(28)18-10-6-11-19(15-18)25-14-7-12-21(25)27/h2-6,8-11,15-16H,1,7,12-14H2. The van der Waals surface area contributed by atoms with E-state index in [1.165, 1.54) is 11.3 Å². The Morgan fingerprint density at radius 1 is 1.21 bits per heavy atom. The molecule has 2 amide bonds. The first-order chi connectivity index (χ1) is 14.2. The molecule has 2 heterocycles. The predicted octanol–water partition coefficient (Wildman–Crippen LogP) is 4.77. The zero-order valence-electron chi connectivity index (χ0n) is 16.0. The summed E-state index contributed by atoms with van der Waals surface area (Å²) in [7, 11) is 0. The molecule has 0 radical (unpaired) electrons. The molecule has 1 aliphatic rings. The highest BCUT2D eigenvalue weighted by molar-refractivity contribution is 7.14. The first-order valence-corrected chi connectivity index (χ1v) is 10.4. The van der Waals surface area contributed by atoms with Crippen LogP contribution in [-0.2, 0) is 4.79 Å². The zero-order chi connectivity index (χ0) is 20.2. The summed E-state index contributed by atoms with van der Waals surface area (Å²) in [4.78, 5) is 33.4. The lowest BCUT2D eigenvalue weighted by Crippen LogP contribution is -2.31. The SMILES string of the molecule is C=CCN(C(=O)c1cccc(N2CCCC2=O)c1)c1nc(-c2ccccc2)cs1. The smallest absolute Gasteiger partial charge is 0.260 e. The second-order valence-electron chi connectivity index (χ2n) is 6.79. The van der Waals surface area contributed by atoms with Crippen LogP contribution in [-0.4, -0.2) is 29.9 Å². The summed E-state index contributed by atoms with van der Waals surface area (Å²) in [6.45, 7) is 4.84. The fourth-order valence-electron chi connectivity index (χ4n) is 3.39. The van der Waals surface area contributed by atoms with Gasteiger partial charge in [-0.2, -0.15) is 0 Å². The third-order valence-corrected chi connectivity index (χ3v) is 5.69. The predicted molar refractivity (Wildman–Crippen MR) is 117 cm³/mol. The quantitative estimate of drug-likeness (QED) is 0.557. The normalized spacial score (nSPS) is 13.5. The van der Waals surface area contributed by atoms with Crippen LogP contribution in [0.2, 0.25) is 0 Å². The Kier molecular flexibility index (Phi) is 5.53. The van der Waals surface area contributed by atoms with Gasteiger partial charge in [-0.15, -0.1) is 17.9 Å². The minimum Gasteiger partial charge on any atom is -0.312 e. The Morgan fingerprint density at radius 2 is 2.03 bits per heavy atom. The van der Waals surface area contributed by atoms with E-state index in [1.54, 1.807) is 28.0 Å². The number of anilines is 2. The van der Waals surface area contributed by atoms with Crippen LogP contribution >= 0.6 is 11.3 Å². The summed E-state index contributed by atoms with van der Waals surface area (Å²) in [5, 5.41) is 2.57. The van der Waals surface area contributed by atoms with Gasteiger partial charge in [0.15, 0.2) is 5.13 Å². The average molecular weight is 404 g/mol. The summed E-state index contributed by atoms with van der Waals surface area (Å²) in [6.07, 6.45) is 3.10. The van der Waals surface area contributed by atoms with Crippen molar-refractivity contribution in [2.45, 2.75) is 12.8 Å². The number of aromatic nitrogens is 1. The number of carbonyl (C=O) groups is 2. The average Bonchev–Trinajstić information content (AvgIpc) is 3.41. The largest absolute Gasteiger partial charge is 0.312 e. The highest BCUT2D eigenvalue weighted by atomic mass is 32.1. The van der Waals surface area contributed by atoms with Crippen molar-refractivity contribution in [3.63, 3.8) is 0 Å². The number of nitrogens with zero attached hydrogens (tertiary/aromatic N) is 3. The van der Waals surface area contributed by atoms with E-state index in [0.29, 0.717) is 30.2 Å². The molecule has 0 bridgehead atoms. The lowest BCUT2D eigenvalue weighted by Gasteiger charge is -2.20. The van der Waals surface area contributed by atoms with E-state index < -0.39 is 0 Å². The summed E-state index contributed by atoms with van der Waals surface area (Å²) in [5.74, 6) is -0.0580. The molecule has 0 spiro atoms. The zero-order valence-corrected chi connectivity index (χ0v) is 16.8. The maximum atomic E-state index is 13.3. The summed E-state index contributed by atoms with van der Waals surface area (Å²) >= 11 is 1.43. The molecular weight excluding hydrogens is 382 g/mol. The minimum atomic E-state index is -0.160. The van der Waals surface area contributed by atoms with E-state index in [-0.39, 0.29) is 11.8 Å². The van der Waals surface area contributed by atoms with Crippen LogP contribution in [0.1, 0.15) is 23.2 Å². The number of thiazole rings is 1. The molecule has 3 aromatic rings. The number of carbonyl (C=O) groups excluding carboxylic acids is 2. The second-order valence-corrected chi connectivity index (χ2v) is 7.62. The fourth-order valence-corrected chi connectivity index (χ4v) is 4.23. The molecule has 4 rings (SSSR count). The molecular formula is C23H21N3O2S. The van der Waals surface area contributed by atoms with Gasteiger partial charge in [0.25, 0.3) is 5.91 Å². The lowest BCUT2D eigenvalue weighted by atomic mass is 10.1. The Balaban J connectivity index is 1.62. The highest BCUT2D eigenvalue weighted by Crippen LogP contribution is 2.29. The van der Waals surface area contributed by atoms with Crippen molar-refractivity contribution in [1.82, 2.24) is 4.98 Å². The van der Waals surface area contributed by atoms with E-state index in [4.69, 9.17) is 0 Å². The molecule has 0 N–H and O–H groups in total. The number of hydrogen-bond donors (Lipinski definition) is 0. The molecule has 1 aromatic heterocycles. The van der Waals surface area contributed by atoms with Gasteiger partial charge in [0.2, 0.25) is 5.91 Å². The fraction of sp³-hybridized carbons (Fsp3) is 0.174. The Bertz CT molecular complexity index is 1050. The topological polar surface area (TPSA) is 53.5 Å². The Labute approximate surface area is 173 Å². The number of rotatable bonds is 6. The van der Waals surface area contributed by atoms with E-state index in [2.05, 4.69) is 11.6 Å². The Hall–Kier alpha value is -3.25. The van der Waals surface area contributed by atoms with Crippen molar-refractivity contribution < 1.29 is 9.59 Å². The van der Waals surface area contributed by atoms with Crippen molar-refractivity contribution in [3.05, 3.63) is 78.2 Å². The maximum Gasteiger partial charge on any atom is 0.260 e. The maximum absolute atomic E-state index is 13.3. The van der Waals surface area contributed by atoms with Crippen molar-refractivity contribution in [2.75, 3.05) is 22.9 Å². The third kappa shape index (κ3) is 3.98. The molecule has 0 atom stereocenters.